The molecule has 1 aliphatic carbocycles. The van der Waals surface area contributed by atoms with Crippen LogP contribution in [0, 0.1) is 5.92 Å². The Morgan fingerprint density at radius 1 is 0.833 bits per heavy atom. The molecule has 0 saturated heterocycles. The van der Waals surface area contributed by atoms with Gasteiger partial charge in [0, 0.05) is 12.0 Å². The van der Waals surface area contributed by atoms with Crippen molar-refractivity contribution >= 4 is 11.8 Å². The summed E-state index contributed by atoms with van der Waals surface area (Å²) in [5, 5.41) is 0. The van der Waals surface area contributed by atoms with E-state index in [1.165, 1.54) is 44.1 Å². The summed E-state index contributed by atoms with van der Waals surface area (Å²) in [5.74, 6) is 1.74. The summed E-state index contributed by atoms with van der Waals surface area (Å²) in [6.45, 7) is 4.34. The molecular formula is C27H34O3. The van der Waals surface area contributed by atoms with Crippen molar-refractivity contribution in [2.24, 2.45) is 5.92 Å². The van der Waals surface area contributed by atoms with Crippen LogP contribution in [0.2, 0.25) is 0 Å². The number of esters is 1. The van der Waals surface area contributed by atoms with E-state index < -0.39 is 0 Å². The van der Waals surface area contributed by atoms with Crippen molar-refractivity contribution < 1.29 is 14.3 Å². The van der Waals surface area contributed by atoms with Gasteiger partial charge >= 0.3 is 5.97 Å². The van der Waals surface area contributed by atoms with Gasteiger partial charge in [-0.3, -0.25) is 4.79 Å². The molecule has 0 spiro atoms. The van der Waals surface area contributed by atoms with Gasteiger partial charge in [0.05, 0.1) is 5.56 Å². The van der Waals surface area contributed by atoms with E-state index in [2.05, 4.69) is 26.0 Å². The minimum absolute atomic E-state index is 0.133. The summed E-state index contributed by atoms with van der Waals surface area (Å²) in [4.78, 5) is 24.6. The molecule has 0 aliphatic heterocycles. The van der Waals surface area contributed by atoms with E-state index in [1.807, 2.05) is 12.1 Å². The molecule has 30 heavy (non-hydrogen) atoms. The number of unbranched alkanes of at least 4 members (excludes halogenated alkanes) is 1. The highest BCUT2D eigenvalue weighted by molar-refractivity contribution is 5.96. The number of hydrogen-bond acceptors (Lipinski definition) is 3. The maximum absolute atomic E-state index is 12.5. The molecule has 0 atom stereocenters. The zero-order chi connectivity index (χ0) is 21.3. The van der Waals surface area contributed by atoms with E-state index in [9.17, 15) is 9.59 Å². The summed E-state index contributed by atoms with van der Waals surface area (Å²) in [6, 6.07) is 14.8. The van der Waals surface area contributed by atoms with E-state index in [4.69, 9.17) is 4.74 Å². The lowest BCUT2D eigenvalue weighted by atomic mass is 9.77. The molecule has 0 amide bonds. The molecular weight excluding hydrogens is 372 g/mol. The Morgan fingerprint density at radius 3 is 2.07 bits per heavy atom. The van der Waals surface area contributed by atoms with Gasteiger partial charge in [-0.25, -0.2) is 4.79 Å². The number of hydrogen-bond donors (Lipinski definition) is 0. The number of Topliss-reactive ketones (excluding diaryl/α,β-unsaturated/α-hetero) is 1. The predicted molar refractivity (Wildman–Crippen MR) is 121 cm³/mol. The highest BCUT2D eigenvalue weighted by atomic mass is 16.5. The van der Waals surface area contributed by atoms with Gasteiger partial charge < -0.3 is 4.74 Å². The molecule has 3 nitrogen and oxygen atoms in total. The number of benzene rings is 2. The third-order valence-corrected chi connectivity index (χ3v) is 6.31. The fourth-order valence-electron chi connectivity index (χ4n) is 4.44. The van der Waals surface area contributed by atoms with Crippen LogP contribution in [0.4, 0.5) is 0 Å². The molecule has 0 N–H and O–H groups in total. The quantitative estimate of drug-likeness (QED) is 0.248. The smallest absolute Gasteiger partial charge is 0.343 e. The summed E-state index contributed by atoms with van der Waals surface area (Å²) in [6.07, 6.45) is 10.2. The van der Waals surface area contributed by atoms with Gasteiger partial charge in [0.2, 0.25) is 0 Å². The highest BCUT2D eigenvalue weighted by Gasteiger charge is 2.22. The van der Waals surface area contributed by atoms with Gasteiger partial charge in [0.15, 0.2) is 5.78 Å². The van der Waals surface area contributed by atoms with Crippen LogP contribution in [0.3, 0.4) is 0 Å². The molecule has 0 unspecified atom stereocenters. The molecule has 0 heterocycles. The minimum Gasteiger partial charge on any atom is -0.423 e. The number of rotatable bonds is 9. The molecule has 3 rings (SSSR count). The van der Waals surface area contributed by atoms with Gasteiger partial charge in [-0.1, -0.05) is 45.2 Å². The first kappa shape index (κ1) is 22.3. The topological polar surface area (TPSA) is 43.4 Å². The number of ether oxygens (including phenoxy) is 1. The first-order valence-corrected chi connectivity index (χ1v) is 11.6. The van der Waals surface area contributed by atoms with Crippen molar-refractivity contribution in [3.8, 4) is 5.75 Å². The SMILES string of the molecule is CCCCC(=O)c1ccc(OC(=O)c2ccc(C3CCC(CCC)CC3)cc2)cc1. The molecule has 1 saturated carbocycles. The Bertz CT molecular complexity index is 812. The van der Waals surface area contributed by atoms with Crippen molar-refractivity contribution in [2.45, 2.75) is 77.6 Å². The first-order valence-electron chi connectivity index (χ1n) is 11.6. The Hall–Kier alpha value is -2.42. The molecule has 0 aromatic heterocycles. The van der Waals surface area contributed by atoms with Crippen molar-refractivity contribution in [2.75, 3.05) is 0 Å². The van der Waals surface area contributed by atoms with Gasteiger partial charge in [-0.2, -0.15) is 0 Å². The van der Waals surface area contributed by atoms with Gasteiger partial charge in [0.25, 0.3) is 0 Å². The predicted octanol–water partition coefficient (Wildman–Crippen LogP) is 7.35. The number of carbonyl (C=O) groups excluding carboxylic acids is 2. The van der Waals surface area contributed by atoms with Crippen LogP contribution in [0.5, 0.6) is 5.75 Å². The second kappa shape index (κ2) is 11.1. The maximum Gasteiger partial charge on any atom is 0.343 e. The van der Waals surface area contributed by atoms with E-state index >= 15 is 0 Å². The van der Waals surface area contributed by atoms with E-state index in [1.54, 1.807) is 24.3 Å². The average Bonchev–Trinajstić information content (AvgIpc) is 2.79. The molecule has 0 radical (unpaired) electrons. The molecule has 1 aliphatic rings. The summed E-state index contributed by atoms with van der Waals surface area (Å²) in [5.41, 5.74) is 2.55. The monoisotopic (exact) mass is 406 g/mol. The second-order valence-electron chi connectivity index (χ2n) is 8.57. The molecule has 1 fully saturated rings. The van der Waals surface area contributed by atoms with Crippen LogP contribution in [-0.2, 0) is 0 Å². The Balaban J connectivity index is 1.54. The Kier molecular flexibility index (Phi) is 8.24. The summed E-state index contributed by atoms with van der Waals surface area (Å²) in [7, 11) is 0. The highest BCUT2D eigenvalue weighted by Crippen LogP contribution is 2.37. The van der Waals surface area contributed by atoms with Crippen LogP contribution in [0.15, 0.2) is 48.5 Å². The second-order valence-corrected chi connectivity index (χ2v) is 8.57. The standard InChI is InChI=1S/C27H34O3/c1-3-5-7-26(28)23-16-18-25(19-17-23)30-27(29)24-14-12-22(13-15-24)21-10-8-20(6-4-2)9-11-21/h12-21H,3-11H2,1-2H3. The first-order chi connectivity index (χ1) is 14.6. The van der Waals surface area contributed by atoms with E-state index in [0.717, 1.165) is 18.8 Å². The number of carbonyl (C=O) groups is 2. The maximum atomic E-state index is 12.5. The van der Waals surface area contributed by atoms with Gasteiger partial charge in [0.1, 0.15) is 5.75 Å². The minimum atomic E-state index is -0.363. The third-order valence-electron chi connectivity index (χ3n) is 6.31. The lowest BCUT2D eigenvalue weighted by molar-refractivity contribution is 0.0734. The fourth-order valence-corrected chi connectivity index (χ4v) is 4.44. The fraction of sp³-hybridized carbons (Fsp3) is 0.481. The third kappa shape index (κ3) is 6.04. The van der Waals surface area contributed by atoms with E-state index in [0.29, 0.717) is 29.2 Å². The zero-order valence-corrected chi connectivity index (χ0v) is 18.4. The van der Waals surface area contributed by atoms with Crippen LogP contribution in [-0.4, -0.2) is 11.8 Å². The van der Waals surface area contributed by atoms with Crippen LogP contribution in [0.1, 0.15) is 104 Å². The zero-order valence-electron chi connectivity index (χ0n) is 18.4. The normalized spacial score (nSPS) is 18.7. The molecule has 3 heteroatoms. The van der Waals surface area contributed by atoms with Crippen molar-refractivity contribution in [1.29, 1.82) is 0 Å². The molecule has 2 aromatic carbocycles. The Labute approximate surface area is 180 Å². The summed E-state index contributed by atoms with van der Waals surface area (Å²) < 4.78 is 5.49. The van der Waals surface area contributed by atoms with Crippen LogP contribution < -0.4 is 4.74 Å². The molecule has 160 valence electrons. The van der Waals surface area contributed by atoms with Crippen molar-refractivity contribution in [3.05, 3.63) is 65.2 Å². The average molecular weight is 407 g/mol. The number of ketones is 1. The summed E-state index contributed by atoms with van der Waals surface area (Å²) >= 11 is 0. The van der Waals surface area contributed by atoms with Crippen molar-refractivity contribution in [1.82, 2.24) is 0 Å². The van der Waals surface area contributed by atoms with Gasteiger partial charge in [-0.05, 0) is 85.9 Å². The Morgan fingerprint density at radius 2 is 1.47 bits per heavy atom. The van der Waals surface area contributed by atoms with Crippen LogP contribution >= 0.6 is 0 Å². The van der Waals surface area contributed by atoms with Crippen LogP contribution in [0.25, 0.3) is 0 Å². The largest absolute Gasteiger partial charge is 0.423 e. The molecule has 0 bridgehead atoms. The lowest BCUT2D eigenvalue weighted by Crippen LogP contribution is -2.13. The van der Waals surface area contributed by atoms with Crippen molar-refractivity contribution in [3.63, 3.8) is 0 Å². The lowest BCUT2D eigenvalue weighted by Gasteiger charge is -2.28. The van der Waals surface area contributed by atoms with Gasteiger partial charge in [-0.15, -0.1) is 0 Å². The molecule has 2 aromatic rings. The van der Waals surface area contributed by atoms with E-state index in [-0.39, 0.29) is 11.8 Å².